The van der Waals surface area contributed by atoms with Gasteiger partial charge >= 0.3 is 12.3 Å². The molecular weight excluding hydrogens is 617 g/mol. The van der Waals surface area contributed by atoms with Gasteiger partial charge in [-0.15, -0.1) is 11.6 Å². The first kappa shape index (κ1) is 32.1. The van der Waals surface area contributed by atoms with Crippen molar-refractivity contribution in [2.24, 2.45) is 5.41 Å². The molecule has 40 heavy (non-hydrogen) atoms. The van der Waals surface area contributed by atoms with Crippen molar-refractivity contribution < 1.29 is 32.3 Å². The van der Waals surface area contributed by atoms with Crippen molar-refractivity contribution in [1.82, 2.24) is 10.9 Å². The molecule has 0 saturated carbocycles. The zero-order chi connectivity index (χ0) is 30.3. The van der Waals surface area contributed by atoms with Crippen LogP contribution in [-0.2, 0) is 20.0 Å². The first-order valence-corrected chi connectivity index (χ1v) is 13.4. The molecule has 3 rings (SSSR count). The summed E-state index contributed by atoms with van der Waals surface area (Å²) in [5.41, 5.74) is -0.649. The van der Waals surface area contributed by atoms with Crippen molar-refractivity contribution >= 4 is 69.8 Å². The number of carbonyl (C=O) groups is 2. The number of benzene rings is 2. The number of carbonyl (C=O) groups excluding carboxylic acids is 2. The van der Waals surface area contributed by atoms with Crippen LogP contribution >= 0.6 is 46.4 Å². The van der Waals surface area contributed by atoms with E-state index in [1.165, 1.54) is 24.3 Å². The molecule has 0 saturated heterocycles. The fraction of sp³-hybridized carbons (Fsp3) is 0.385. The highest BCUT2D eigenvalue weighted by Crippen LogP contribution is 2.48. The predicted octanol–water partition coefficient (Wildman–Crippen LogP) is 8.02. The highest BCUT2D eigenvalue weighted by atomic mass is 35.5. The quantitative estimate of drug-likeness (QED) is 0.255. The molecule has 218 valence electrons. The lowest BCUT2D eigenvalue weighted by Gasteiger charge is -2.31. The minimum Gasteiger partial charge on any atom is -0.442 e. The van der Waals surface area contributed by atoms with Crippen LogP contribution in [0.1, 0.15) is 45.7 Å². The Morgan fingerprint density at radius 2 is 1.62 bits per heavy atom. The second-order valence-corrected chi connectivity index (χ2v) is 12.1. The summed E-state index contributed by atoms with van der Waals surface area (Å²) in [6.45, 7) is 7.98. The van der Waals surface area contributed by atoms with Gasteiger partial charge in [-0.2, -0.15) is 18.2 Å². The molecule has 2 aromatic carbocycles. The third kappa shape index (κ3) is 6.91. The third-order valence-corrected chi connectivity index (χ3v) is 7.04. The van der Waals surface area contributed by atoms with Crippen LogP contribution in [0.4, 0.5) is 23.7 Å². The smallest absolute Gasteiger partial charge is 0.434 e. The minimum atomic E-state index is -4.94. The summed E-state index contributed by atoms with van der Waals surface area (Å²) < 4.78 is 48.7. The number of hydrogen-bond acceptors (Lipinski definition) is 5. The van der Waals surface area contributed by atoms with E-state index in [1.54, 1.807) is 34.6 Å². The Morgan fingerprint density at radius 3 is 2.15 bits per heavy atom. The van der Waals surface area contributed by atoms with E-state index in [-0.39, 0.29) is 43.5 Å². The number of nitrogens with one attached hydrogen (secondary N) is 2. The van der Waals surface area contributed by atoms with E-state index >= 15 is 0 Å². The van der Waals surface area contributed by atoms with Crippen LogP contribution in [0, 0.1) is 5.41 Å². The molecule has 1 aliphatic heterocycles. The average Bonchev–Trinajstić information content (AvgIpc) is 3.28. The number of anilines is 1. The van der Waals surface area contributed by atoms with Gasteiger partial charge in [0.15, 0.2) is 0 Å². The molecule has 2 amide bonds. The first-order valence-electron chi connectivity index (χ1n) is 11.7. The summed E-state index contributed by atoms with van der Waals surface area (Å²) in [6, 6.07) is 7.51. The van der Waals surface area contributed by atoms with Crippen LogP contribution in [0.15, 0.2) is 42.5 Å². The maximum Gasteiger partial charge on any atom is 0.434 e. The van der Waals surface area contributed by atoms with Crippen molar-refractivity contribution in [3.63, 3.8) is 0 Å². The molecule has 0 aromatic heterocycles. The van der Waals surface area contributed by atoms with Gasteiger partial charge in [0.2, 0.25) is 11.5 Å². The molecule has 14 heteroatoms. The van der Waals surface area contributed by atoms with E-state index in [4.69, 9.17) is 56.0 Å². The molecular formula is C26H26Cl4F3N3O4. The Bertz CT molecular complexity index is 1330. The van der Waals surface area contributed by atoms with Gasteiger partial charge in [0, 0.05) is 27.1 Å². The number of nitrogens with zero attached hydrogens (tertiary/aromatic N) is 1. The zero-order valence-corrected chi connectivity index (χ0v) is 25.0. The van der Waals surface area contributed by atoms with E-state index in [9.17, 15) is 22.8 Å². The topological polar surface area (TPSA) is 79.9 Å². The minimum absolute atomic E-state index is 0.0122. The van der Waals surface area contributed by atoms with E-state index in [1.807, 2.05) is 0 Å². The van der Waals surface area contributed by atoms with Crippen molar-refractivity contribution in [2.75, 3.05) is 10.9 Å². The molecule has 0 bridgehead atoms. The van der Waals surface area contributed by atoms with Gasteiger partial charge in [-0.3, -0.25) is 20.5 Å². The van der Waals surface area contributed by atoms with Crippen molar-refractivity contribution in [3.05, 3.63) is 68.7 Å². The van der Waals surface area contributed by atoms with Crippen molar-refractivity contribution in [2.45, 2.75) is 52.0 Å². The number of halogens is 7. The normalized spacial score (nSPS) is 17.6. The van der Waals surface area contributed by atoms with Crippen LogP contribution in [0.25, 0.3) is 5.70 Å². The highest BCUT2D eigenvalue weighted by molar-refractivity contribution is 6.35. The van der Waals surface area contributed by atoms with Gasteiger partial charge in [-0.1, -0.05) is 40.9 Å². The number of ether oxygens (including phenoxy) is 1. The Kier molecular flexibility index (Phi) is 9.23. The average molecular weight is 643 g/mol. The van der Waals surface area contributed by atoms with Crippen LogP contribution < -0.4 is 15.9 Å². The molecule has 1 atom stereocenters. The molecule has 0 fully saturated rings. The number of hydrazine groups is 1. The maximum absolute atomic E-state index is 14.4. The lowest BCUT2D eigenvalue weighted by atomic mass is 9.91. The summed E-state index contributed by atoms with van der Waals surface area (Å²) in [6.07, 6.45) is -5.11. The van der Waals surface area contributed by atoms with E-state index in [2.05, 4.69) is 10.9 Å². The Morgan fingerprint density at radius 1 is 1.02 bits per heavy atom. The fourth-order valence-corrected chi connectivity index (χ4v) is 4.28. The SMILES string of the molecule is CC(C)(C)OC(=O)N(NC(=O)C(C)(C)CCl)c1cc(C2=CC(c3cc(Cl)cc(Cl)c3)(C(F)(F)F)ON2)ccc1Cl. The number of hydroxylamine groups is 1. The summed E-state index contributed by atoms with van der Waals surface area (Å²) in [7, 11) is 0. The predicted molar refractivity (Wildman–Crippen MR) is 149 cm³/mol. The van der Waals surface area contributed by atoms with Gasteiger partial charge < -0.3 is 4.74 Å². The molecule has 0 aliphatic carbocycles. The molecule has 0 spiro atoms. The van der Waals surface area contributed by atoms with Crippen LogP contribution in [0.2, 0.25) is 15.1 Å². The van der Waals surface area contributed by atoms with Crippen LogP contribution in [0.5, 0.6) is 0 Å². The zero-order valence-electron chi connectivity index (χ0n) is 22.0. The molecule has 1 aliphatic rings. The van der Waals surface area contributed by atoms with Gasteiger partial charge in [0.1, 0.15) is 5.60 Å². The van der Waals surface area contributed by atoms with Crippen molar-refractivity contribution in [1.29, 1.82) is 0 Å². The molecule has 2 aromatic rings. The summed E-state index contributed by atoms with van der Waals surface area (Å²) in [5, 5.41) is 0.724. The first-order chi connectivity index (χ1) is 18.3. The largest absolute Gasteiger partial charge is 0.442 e. The van der Waals surface area contributed by atoms with Crippen LogP contribution in [-0.4, -0.2) is 29.7 Å². The molecule has 2 N–H and O–H groups in total. The van der Waals surface area contributed by atoms with Crippen molar-refractivity contribution in [3.8, 4) is 0 Å². The molecule has 1 heterocycles. The molecule has 1 unspecified atom stereocenters. The number of hydrogen-bond donors (Lipinski definition) is 2. The standard InChI is InChI=1S/C26H26Cl4F3N3O4/c1-23(2,3)39-22(38)36(34-21(37)24(4,5)13-27)20-8-14(6-7-18(20)30)19-12-25(40-35-19,26(31,32)33)15-9-16(28)11-17(29)10-15/h6-12,35H,13H2,1-5H3,(H,34,37). The highest BCUT2D eigenvalue weighted by Gasteiger charge is 2.59. The summed E-state index contributed by atoms with van der Waals surface area (Å²) in [4.78, 5) is 31.2. The summed E-state index contributed by atoms with van der Waals surface area (Å²) >= 11 is 24.3. The lowest BCUT2D eigenvalue weighted by molar-refractivity contribution is -0.269. The third-order valence-electron chi connectivity index (χ3n) is 5.62. The monoisotopic (exact) mass is 641 g/mol. The number of alkyl halides is 4. The Labute approximate surface area is 249 Å². The maximum atomic E-state index is 14.4. The Balaban J connectivity index is 2.13. The van der Waals surface area contributed by atoms with E-state index < -0.39 is 34.8 Å². The van der Waals surface area contributed by atoms with Crippen LogP contribution in [0.3, 0.4) is 0 Å². The van der Waals surface area contributed by atoms with Gasteiger partial charge in [-0.05, 0) is 71.0 Å². The van der Waals surface area contributed by atoms with E-state index in [0.29, 0.717) is 0 Å². The fourth-order valence-electron chi connectivity index (χ4n) is 3.43. The number of rotatable bonds is 5. The lowest BCUT2D eigenvalue weighted by Crippen LogP contribution is -2.53. The van der Waals surface area contributed by atoms with Gasteiger partial charge in [-0.25, -0.2) is 4.79 Å². The summed E-state index contributed by atoms with van der Waals surface area (Å²) in [5.74, 6) is -0.707. The molecule has 7 nitrogen and oxygen atoms in total. The van der Waals surface area contributed by atoms with Gasteiger partial charge in [0.25, 0.3) is 0 Å². The number of amides is 2. The molecule has 0 radical (unpaired) electrons. The second kappa shape index (κ2) is 11.5. The van der Waals surface area contributed by atoms with E-state index in [0.717, 1.165) is 23.2 Å². The second-order valence-electron chi connectivity index (χ2n) is 10.6. The Hall–Kier alpha value is -2.37. The van der Waals surface area contributed by atoms with Gasteiger partial charge in [0.05, 0.1) is 21.8 Å².